The van der Waals surface area contributed by atoms with Crippen LogP contribution in [0.5, 0.6) is 0 Å². The summed E-state index contributed by atoms with van der Waals surface area (Å²) in [5, 5.41) is 2.93. The summed E-state index contributed by atoms with van der Waals surface area (Å²) in [4.78, 5) is 40.4. The third-order valence-electron chi connectivity index (χ3n) is 5.39. The Labute approximate surface area is 177 Å². The van der Waals surface area contributed by atoms with Crippen molar-refractivity contribution in [2.24, 2.45) is 0 Å². The molecule has 1 fully saturated rings. The van der Waals surface area contributed by atoms with Crippen molar-refractivity contribution in [3.63, 3.8) is 0 Å². The van der Waals surface area contributed by atoms with Gasteiger partial charge in [0.15, 0.2) is 0 Å². The van der Waals surface area contributed by atoms with Crippen molar-refractivity contribution in [1.29, 1.82) is 0 Å². The quantitative estimate of drug-likeness (QED) is 0.797. The first-order valence-electron chi connectivity index (χ1n) is 10.2. The van der Waals surface area contributed by atoms with Gasteiger partial charge in [-0.15, -0.1) is 0 Å². The lowest BCUT2D eigenvalue weighted by atomic mass is 10.1. The highest BCUT2D eigenvalue weighted by molar-refractivity contribution is 5.99. The highest BCUT2D eigenvalue weighted by Crippen LogP contribution is 2.22. The summed E-state index contributed by atoms with van der Waals surface area (Å²) in [5.74, 6) is -0.306. The number of benzene rings is 2. The fourth-order valence-corrected chi connectivity index (χ4v) is 3.96. The van der Waals surface area contributed by atoms with Crippen LogP contribution in [0.3, 0.4) is 0 Å². The van der Waals surface area contributed by atoms with E-state index in [2.05, 4.69) is 5.32 Å². The zero-order valence-corrected chi connectivity index (χ0v) is 18.1. The molecule has 2 aromatic rings. The van der Waals surface area contributed by atoms with Crippen LogP contribution in [-0.2, 0) is 16.1 Å². The summed E-state index contributed by atoms with van der Waals surface area (Å²) >= 11 is 0. The van der Waals surface area contributed by atoms with Gasteiger partial charge in [-0.25, -0.2) is 0 Å². The first kappa shape index (κ1) is 21.6. The molecule has 0 bridgehead atoms. The van der Waals surface area contributed by atoms with Crippen molar-refractivity contribution in [3.8, 4) is 0 Å². The van der Waals surface area contributed by atoms with Crippen LogP contribution < -0.4 is 5.32 Å². The van der Waals surface area contributed by atoms with Gasteiger partial charge in [-0.1, -0.05) is 29.8 Å². The van der Waals surface area contributed by atoms with Gasteiger partial charge >= 0.3 is 0 Å². The number of likely N-dealkylation sites (tertiary alicyclic amines) is 1. The maximum atomic E-state index is 12.8. The Morgan fingerprint density at radius 3 is 2.43 bits per heavy atom. The van der Waals surface area contributed by atoms with Crippen LogP contribution in [0.25, 0.3) is 0 Å². The molecule has 3 amide bonds. The zero-order chi connectivity index (χ0) is 21.8. The lowest BCUT2D eigenvalue weighted by Crippen LogP contribution is -2.35. The van der Waals surface area contributed by atoms with Crippen LogP contribution in [0, 0.1) is 20.8 Å². The second kappa shape index (κ2) is 9.11. The maximum Gasteiger partial charge on any atom is 0.254 e. The molecule has 1 aliphatic heterocycles. The Balaban J connectivity index is 1.63. The SMILES string of the molecule is Cc1cc(C)c(NC(=O)CN(C)C(=O)c2cccc(CN3CCCC3=O)c2)c(C)c1. The molecule has 30 heavy (non-hydrogen) atoms. The topological polar surface area (TPSA) is 69.7 Å². The lowest BCUT2D eigenvalue weighted by molar-refractivity contribution is -0.128. The number of hydrogen-bond donors (Lipinski definition) is 1. The first-order chi connectivity index (χ1) is 14.2. The first-order valence-corrected chi connectivity index (χ1v) is 10.2. The van der Waals surface area contributed by atoms with Gasteiger partial charge < -0.3 is 15.1 Å². The summed E-state index contributed by atoms with van der Waals surface area (Å²) in [6, 6.07) is 11.3. The van der Waals surface area contributed by atoms with Gasteiger partial charge in [-0.3, -0.25) is 14.4 Å². The summed E-state index contributed by atoms with van der Waals surface area (Å²) in [7, 11) is 1.62. The number of rotatable bonds is 6. The molecule has 0 spiro atoms. The smallest absolute Gasteiger partial charge is 0.254 e. The van der Waals surface area contributed by atoms with E-state index < -0.39 is 0 Å². The van der Waals surface area contributed by atoms with Crippen LogP contribution in [0.15, 0.2) is 36.4 Å². The molecular formula is C24H29N3O3. The zero-order valence-electron chi connectivity index (χ0n) is 18.1. The Bertz CT molecular complexity index is 960. The predicted molar refractivity (Wildman–Crippen MR) is 117 cm³/mol. The molecule has 0 radical (unpaired) electrons. The number of carbonyl (C=O) groups excluding carboxylic acids is 3. The Morgan fingerprint density at radius 1 is 1.10 bits per heavy atom. The number of hydrogen-bond acceptors (Lipinski definition) is 3. The van der Waals surface area contributed by atoms with Crippen LogP contribution in [0.1, 0.15) is 45.5 Å². The van der Waals surface area contributed by atoms with Crippen LogP contribution >= 0.6 is 0 Å². The molecule has 0 atom stereocenters. The molecular weight excluding hydrogens is 378 g/mol. The van der Waals surface area contributed by atoms with E-state index in [0.717, 1.165) is 40.9 Å². The van der Waals surface area contributed by atoms with Crippen molar-refractivity contribution in [1.82, 2.24) is 9.80 Å². The second-order valence-corrected chi connectivity index (χ2v) is 8.10. The Morgan fingerprint density at radius 2 is 1.80 bits per heavy atom. The van der Waals surface area contributed by atoms with Gasteiger partial charge in [-0.05, 0) is 56.0 Å². The minimum atomic E-state index is -0.236. The van der Waals surface area contributed by atoms with Crippen LogP contribution in [-0.4, -0.2) is 47.7 Å². The van der Waals surface area contributed by atoms with Crippen LogP contribution in [0.2, 0.25) is 0 Å². The number of nitrogens with zero attached hydrogens (tertiary/aromatic N) is 2. The van der Waals surface area contributed by atoms with Gasteiger partial charge in [0.25, 0.3) is 5.91 Å². The van der Waals surface area contributed by atoms with E-state index in [0.29, 0.717) is 18.5 Å². The Kier molecular flexibility index (Phi) is 6.55. The normalized spacial score (nSPS) is 13.5. The van der Waals surface area contributed by atoms with Crippen molar-refractivity contribution in [2.45, 2.75) is 40.2 Å². The fourth-order valence-electron chi connectivity index (χ4n) is 3.96. The van der Waals surface area contributed by atoms with Gasteiger partial charge in [-0.2, -0.15) is 0 Å². The van der Waals surface area contributed by atoms with E-state index in [-0.39, 0.29) is 24.3 Å². The molecule has 3 rings (SSSR count). The molecule has 1 N–H and O–H groups in total. The Hall–Kier alpha value is -3.15. The molecule has 1 saturated heterocycles. The number of likely N-dealkylation sites (N-methyl/N-ethyl adjacent to an activating group) is 1. The third kappa shape index (κ3) is 5.06. The molecule has 1 heterocycles. The van der Waals surface area contributed by atoms with E-state index >= 15 is 0 Å². The molecule has 0 unspecified atom stereocenters. The summed E-state index contributed by atoms with van der Waals surface area (Å²) in [6.07, 6.45) is 1.48. The van der Waals surface area contributed by atoms with Gasteiger partial charge in [0.2, 0.25) is 11.8 Å². The summed E-state index contributed by atoms with van der Waals surface area (Å²) in [5.41, 5.74) is 5.37. The molecule has 1 aliphatic rings. The standard InChI is InChI=1S/C24H29N3O3/c1-16-11-17(2)23(18(3)12-16)25-21(28)15-26(4)24(30)20-8-5-7-19(13-20)14-27-10-6-9-22(27)29/h5,7-8,11-13H,6,9-10,14-15H2,1-4H3,(H,25,28). The lowest BCUT2D eigenvalue weighted by Gasteiger charge is -2.20. The minimum absolute atomic E-state index is 0.0412. The maximum absolute atomic E-state index is 12.8. The van der Waals surface area contributed by atoms with E-state index in [1.165, 1.54) is 4.90 Å². The molecule has 0 saturated carbocycles. The minimum Gasteiger partial charge on any atom is -0.338 e. The van der Waals surface area contributed by atoms with E-state index in [9.17, 15) is 14.4 Å². The highest BCUT2D eigenvalue weighted by atomic mass is 16.2. The molecule has 6 heteroatoms. The van der Waals surface area contributed by atoms with Crippen molar-refractivity contribution >= 4 is 23.4 Å². The van der Waals surface area contributed by atoms with Crippen molar-refractivity contribution in [2.75, 3.05) is 25.5 Å². The second-order valence-electron chi connectivity index (χ2n) is 8.10. The van der Waals surface area contributed by atoms with Crippen molar-refractivity contribution < 1.29 is 14.4 Å². The largest absolute Gasteiger partial charge is 0.338 e. The van der Waals surface area contributed by atoms with Crippen molar-refractivity contribution in [3.05, 3.63) is 64.2 Å². The average molecular weight is 408 g/mol. The monoisotopic (exact) mass is 407 g/mol. The predicted octanol–water partition coefficient (Wildman–Crippen LogP) is 3.44. The molecule has 0 aromatic heterocycles. The molecule has 0 aliphatic carbocycles. The van der Waals surface area contributed by atoms with Gasteiger partial charge in [0.1, 0.15) is 0 Å². The number of aryl methyl sites for hydroxylation is 3. The van der Waals surface area contributed by atoms with E-state index in [1.807, 2.05) is 49.9 Å². The fraction of sp³-hybridized carbons (Fsp3) is 0.375. The highest BCUT2D eigenvalue weighted by Gasteiger charge is 2.21. The van der Waals surface area contributed by atoms with E-state index in [1.54, 1.807) is 19.2 Å². The molecule has 158 valence electrons. The van der Waals surface area contributed by atoms with Gasteiger partial charge in [0.05, 0.1) is 6.54 Å². The van der Waals surface area contributed by atoms with Crippen LogP contribution in [0.4, 0.5) is 5.69 Å². The number of carbonyl (C=O) groups is 3. The third-order valence-corrected chi connectivity index (χ3v) is 5.39. The summed E-state index contributed by atoms with van der Waals surface area (Å²) in [6.45, 7) is 7.17. The summed E-state index contributed by atoms with van der Waals surface area (Å²) < 4.78 is 0. The van der Waals surface area contributed by atoms with Gasteiger partial charge in [0, 0.05) is 37.8 Å². The number of amides is 3. The number of nitrogens with one attached hydrogen (secondary N) is 1. The molecule has 6 nitrogen and oxygen atoms in total. The molecule has 2 aromatic carbocycles. The average Bonchev–Trinajstić information content (AvgIpc) is 3.08. The van der Waals surface area contributed by atoms with E-state index in [4.69, 9.17) is 0 Å². The number of anilines is 1.